The fourth-order valence-electron chi connectivity index (χ4n) is 2.92. The van der Waals surface area contributed by atoms with Crippen LogP contribution in [0.2, 0.25) is 0 Å². The minimum Gasteiger partial charge on any atom is -0.426 e. The summed E-state index contributed by atoms with van der Waals surface area (Å²) in [6.07, 6.45) is 1.06. The van der Waals surface area contributed by atoms with Gasteiger partial charge in [-0.2, -0.15) is 0 Å². The van der Waals surface area contributed by atoms with E-state index in [1.165, 1.54) is 22.9 Å². The van der Waals surface area contributed by atoms with Gasteiger partial charge in [-0.1, -0.05) is 41.5 Å². The van der Waals surface area contributed by atoms with E-state index in [1.54, 1.807) is 0 Å². The Kier molecular flexibility index (Phi) is 4.18. The van der Waals surface area contributed by atoms with Crippen molar-refractivity contribution in [2.45, 2.75) is 70.6 Å². The molecule has 0 spiro atoms. The van der Waals surface area contributed by atoms with E-state index in [-0.39, 0.29) is 16.8 Å². The predicted molar refractivity (Wildman–Crippen MR) is 89.6 cm³/mol. The predicted octanol–water partition coefficient (Wildman–Crippen LogP) is 4.86. The molecular weight excluding hydrogens is 280 g/mol. The summed E-state index contributed by atoms with van der Waals surface area (Å²) in [6, 6.07) is 2.24. The van der Waals surface area contributed by atoms with E-state index in [1.807, 2.05) is 11.8 Å². The molecule has 116 valence electrons. The Morgan fingerprint density at radius 2 is 1.76 bits per heavy atom. The number of hydrogen-bond acceptors (Lipinski definition) is 3. The molecule has 0 fully saturated rings. The van der Waals surface area contributed by atoms with Gasteiger partial charge in [0, 0.05) is 28.7 Å². The van der Waals surface area contributed by atoms with E-state index in [4.69, 9.17) is 4.74 Å². The van der Waals surface area contributed by atoms with Crippen molar-refractivity contribution < 1.29 is 9.53 Å². The average molecular weight is 306 g/mol. The van der Waals surface area contributed by atoms with Crippen molar-refractivity contribution in [3.8, 4) is 5.75 Å². The zero-order chi connectivity index (χ0) is 16.0. The summed E-state index contributed by atoms with van der Waals surface area (Å²) in [5, 5.41) is 0. The fraction of sp³-hybridized carbons (Fsp3) is 0.611. The van der Waals surface area contributed by atoms with Gasteiger partial charge in [0.2, 0.25) is 0 Å². The van der Waals surface area contributed by atoms with Crippen LogP contribution in [0.25, 0.3) is 0 Å². The van der Waals surface area contributed by atoms with Crippen molar-refractivity contribution in [2.75, 3.05) is 5.75 Å². The van der Waals surface area contributed by atoms with Gasteiger partial charge in [-0.25, -0.2) is 0 Å². The summed E-state index contributed by atoms with van der Waals surface area (Å²) < 4.78 is 5.71. The molecule has 0 radical (unpaired) electrons. The molecule has 0 aromatic heterocycles. The van der Waals surface area contributed by atoms with Crippen molar-refractivity contribution in [3.05, 3.63) is 22.8 Å². The van der Waals surface area contributed by atoms with E-state index >= 15 is 0 Å². The number of thioether (sulfide) groups is 1. The van der Waals surface area contributed by atoms with Gasteiger partial charge < -0.3 is 4.74 Å². The third-order valence-electron chi connectivity index (χ3n) is 3.76. The second-order valence-electron chi connectivity index (χ2n) is 7.80. The molecule has 1 aliphatic rings. The Morgan fingerprint density at radius 3 is 2.24 bits per heavy atom. The van der Waals surface area contributed by atoms with Gasteiger partial charge in [0.05, 0.1) is 0 Å². The lowest BCUT2D eigenvalue weighted by Crippen LogP contribution is -2.23. The molecule has 2 nitrogen and oxygen atoms in total. The first-order valence-electron chi connectivity index (χ1n) is 7.54. The summed E-state index contributed by atoms with van der Waals surface area (Å²) in [4.78, 5) is 13.0. The van der Waals surface area contributed by atoms with Gasteiger partial charge in [-0.15, -0.1) is 11.8 Å². The number of ether oxygens (including phenoxy) is 1. The number of esters is 1. The Hall–Kier alpha value is -0.960. The van der Waals surface area contributed by atoms with Gasteiger partial charge in [-0.05, 0) is 28.9 Å². The molecule has 0 saturated heterocycles. The largest absolute Gasteiger partial charge is 0.426 e. The molecule has 0 N–H and O–H groups in total. The molecule has 1 aromatic rings. The number of hydrogen-bond donors (Lipinski definition) is 0. The van der Waals surface area contributed by atoms with Crippen LogP contribution >= 0.6 is 11.8 Å². The van der Waals surface area contributed by atoms with E-state index in [0.29, 0.717) is 0 Å². The van der Waals surface area contributed by atoms with Crippen molar-refractivity contribution >= 4 is 17.7 Å². The van der Waals surface area contributed by atoms with Crippen LogP contribution in [0.15, 0.2) is 11.0 Å². The molecule has 0 saturated carbocycles. The minimum absolute atomic E-state index is 0.0406. The molecule has 0 unspecified atom stereocenters. The maximum atomic E-state index is 11.6. The molecule has 0 aliphatic carbocycles. The summed E-state index contributed by atoms with van der Waals surface area (Å²) >= 11 is 1.92. The summed E-state index contributed by atoms with van der Waals surface area (Å²) in [5.74, 6) is 1.67. The molecule has 0 amide bonds. The Bertz CT molecular complexity index is 574. The molecule has 1 aromatic carbocycles. The first-order chi connectivity index (χ1) is 9.51. The number of carbonyl (C=O) groups excluding carboxylic acids is 1. The second-order valence-corrected chi connectivity index (χ2v) is 8.93. The van der Waals surface area contributed by atoms with E-state index in [2.05, 4.69) is 47.6 Å². The zero-order valence-electron chi connectivity index (χ0n) is 14.2. The summed E-state index contributed by atoms with van der Waals surface area (Å²) in [7, 11) is 0. The van der Waals surface area contributed by atoms with Gasteiger partial charge in [0.25, 0.3) is 0 Å². The lowest BCUT2D eigenvalue weighted by molar-refractivity contribution is -0.132. The first kappa shape index (κ1) is 16.4. The van der Waals surface area contributed by atoms with Crippen molar-refractivity contribution in [1.29, 1.82) is 0 Å². The number of rotatable bonds is 1. The maximum absolute atomic E-state index is 11.6. The monoisotopic (exact) mass is 306 g/mol. The highest BCUT2D eigenvalue weighted by Gasteiger charge is 2.33. The van der Waals surface area contributed by atoms with Crippen molar-refractivity contribution in [1.82, 2.24) is 0 Å². The Balaban J connectivity index is 2.81. The van der Waals surface area contributed by atoms with Gasteiger partial charge in [0.15, 0.2) is 0 Å². The fourth-order valence-corrected chi connectivity index (χ4v) is 4.02. The summed E-state index contributed by atoms with van der Waals surface area (Å²) in [5.41, 5.74) is 3.63. The van der Waals surface area contributed by atoms with Crippen LogP contribution in [0.3, 0.4) is 0 Å². The van der Waals surface area contributed by atoms with E-state index in [9.17, 15) is 4.79 Å². The van der Waals surface area contributed by atoms with Gasteiger partial charge in [0.1, 0.15) is 5.75 Å². The number of benzene rings is 1. The van der Waals surface area contributed by atoms with Crippen LogP contribution in [-0.2, 0) is 22.0 Å². The lowest BCUT2D eigenvalue weighted by atomic mass is 9.77. The van der Waals surface area contributed by atoms with Crippen LogP contribution < -0.4 is 4.74 Å². The molecule has 1 heterocycles. The van der Waals surface area contributed by atoms with Crippen LogP contribution in [0.5, 0.6) is 5.75 Å². The van der Waals surface area contributed by atoms with Crippen LogP contribution in [0, 0.1) is 0 Å². The van der Waals surface area contributed by atoms with Gasteiger partial charge >= 0.3 is 5.97 Å². The SMILES string of the molecule is CC(=O)Oc1c(C(C)(C)C)cc2c(c1C(C)(C)C)CCS2. The number of carbonyl (C=O) groups is 1. The molecule has 1 aliphatic heterocycles. The standard InChI is InChI=1S/C18H26O2S/c1-11(19)20-16-13(17(2,3)4)10-14-12(8-9-21-14)15(16)18(5,6)7/h10H,8-9H2,1-7H3. The summed E-state index contributed by atoms with van der Waals surface area (Å²) in [6.45, 7) is 14.6. The topological polar surface area (TPSA) is 26.3 Å². The van der Waals surface area contributed by atoms with Crippen LogP contribution in [0.1, 0.15) is 65.2 Å². The van der Waals surface area contributed by atoms with Crippen molar-refractivity contribution in [2.24, 2.45) is 0 Å². The third-order valence-corrected chi connectivity index (χ3v) is 4.84. The smallest absolute Gasteiger partial charge is 0.308 e. The van der Waals surface area contributed by atoms with Crippen LogP contribution in [-0.4, -0.2) is 11.7 Å². The molecule has 0 atom stereocenters. The molecule has 3 heteroatoms. The first-order valence-corrected chi connectivity index (χ1v) is 8.52. The highest BCUT2D eigenvalue weighted by atomic mass is 32.2. The zero-order valence-corrected chi connectivity index (χ0v) is 15.0. The quantitative estimate of drug-likeness (QED) is 0.548. The molecule has 0 bridgehead atoms. The highest BCUT2D eigenvalue weighted by Crippen LogP contribution is 2.48. The Labute approximate surface area is 132 Å². The lowest BCUT2D eigenvalue weighted by Gasteiger charge is -2.31. The van der Waals surface area contributed by atoms with Crippen molar-refractivity contribution in [3.63, 3.8) is 0 Å². The van der Waals surface area contributed by atoms with E-state index < -0.39 is 0 Å². The third kappa shape index (κ3) is 3.28. The minimum atomic E-state index is -0.239. The normalized spacial score (nSPS) is 15.0. The van der Waals surface area contributed by atoms with Crippen LogP contribution in [0.4, 0.5) is 0 Å². The molecular formula is C18H26O2S. The number of fused-ring (bicyclic) bond motifs is 1. The molecule has 21 heavy (non-hydrogen) atoms. The molecule has 2 rings (SSSR count). The van der Waals surface area contributed by atoms with Gasteiger partial charge in [-0.3, -0.25) is 4.79 Å². The maximum Gasteiger partial charge on any atom is 0.308 e. The highest BCUT2D eigenvalue weighted by molar-refractivity contribution is 7.99. The average Bonchev–Trinajstić information content (AvgIpc) is 2.71. The van der Waals surface area contributed by atoms with E-state index in [0.717, 1.165) is 23.5 Å². The second kappa shape index (κ2) is 5.35. The Morgan fingerprint density at radius 1 is 1.14 bits per heavy atom.